The molecule has 3 heterocycles. The summed E-state index contributed by atoms with van der Waals surface area (Å²) < 4.78 is 38.2. The van der Waals surface area contributed by atoms with E-state index in [0.717, 1.165) is 24.4 Å². The zero-order valence-electron chi connectivity index (χ0n) is 17.8. The fourth-order valence-corrected chi connectivity index (χ4v) is 4.19. The summed E-state index contributed by atoms with van der Waals surface area (Å²) in [6, 6.07) is 10.2. The van der Waals surface area contributed by atoms with Crippen LogP contribution in [0.5, 0.6) is 0 Å². The normalized spacial score (nSPS) is 19.6. The van der Waals surface area contributed by atoms with Gasteiger partial charge in [0.05, 0.1) is 11.5 Å². The number of carbonyl (C=O) groups is 2. The molecule has 170 valence electrons. The van der Waals surface area contributed by atoms with E-state index in [1.807, 2.05) is 29.2 Å². The van der Waals surface area contributed by atoms with Crippen LogP contribution in [0.3, 0.4) is 0 Å². The van der Waals surface area contributed by atoms with Gasteiger partial charge in [-0.1, -0.05) is 19.1 Å². The van der Waals surface area contributed by atoms with Crippen LogP contribution in [0, 0.1) is 5.92 Å². The number of pyridine rings is 1. The summed E-state index contributed by atoms with van der Waals surface area (Å²) in [6.45, 7) is 4.27. The number of halogens is 3. The molecule has 2 aliphatic heterocycles. The van der Waals surface area contributed by atoms with Crippen LogP contribution in [0.2, 0.25) is 0 Å². The second-order valence-electron chi connectivity index (χ2n) is 8.14. The van der Waals surface area contributed by atoms with Crippen LogP contribution in [0.4, 0.5) is 24.7 Å². The summed E-state index contributed by atoms with van der Waals surface area (Å²) in [4.78, 5) is 34.7. The Morgan fingerprint density at radius 1 is 1.06 bits per heavy atom. The van der Waals surface area contributed by atoms with Crippen molar-refractivity contribution >= 4 is 23.3 Å². The maximum atomic E-state index is 13.0. The number of aryl methyl sites for hydroxylation is 1. The van der Waals surface area contributed by atoms with Crippen LogP contribution in [0.1, 0.15) is 24.5 Å². The fourth-order valence-electron chi connectivity index (χ4n) is 4.19. The van der Waals surface area contributed by atoms with Crippen LogP contribution >= 0.6 is 0 Å². The van der Waals surface area contributed by atoms with Crippen molar-refractivity contribution in [3.8, 4) is 0 Å². The molecule has 2 amide bonds. The fraction of sp³-hybridized carbons (Fsp3) is 0.435. The predicted octanol–water partition coefficient (Wildman–Crippen LogP) is 3.36. The third-order valence-electron chi connectivity index (χ3n) is 6.12. The van der Waals surface area contributed by atoms with Gasteiger partial charge in [-0.05, 0) is 36.2 Å². The largest absolute Gasteiger partial charge is 0.417 e. The monoisotopic (exact) mass is 446 g/mol. The third-order valence-corrected chi connectivity index (χ3v) is 6.12. The van der Waals surface area contributed by atoms with Gasteiger partial charge in [0.15, 0.2) is 0 Å². The number of piperazine rings is 1. The number of hydrogen-bond acceptors (Lipinski definition) is 4. The second-order valence-corrected chi connectivity index (χ2v) is 8.14. The van der Waals surface area contributed by atoms with Crippen LogP contribution in [-0.4, -0.2) is 54.4 Å². The number of rotatable bonds is 4. The van der Waals surface area contributed by atoms with Crippen molar-refractivity contribution in [3.05, 3.63) is 53.7 Å². The van der Waals surface area contributed by atoms with E-state index < -0.39 is 11.7 Å². The summed E-state index contributed by atoms with van der Waals surface area (Å²) in [5, 5.41) is 0. The molecule has 2 saturated heterocycles. The zero-order chi connectivity index (χ0) is 22.9. The highest BCUT2D eigenvalue weighted by molar-refractivity contribution is 6.00. The van der Waals surface area contributed by atoms with Gasteiger partial charge < -0.3 is 14.7 Å². The first-order valence-electron chi connectivity index (χ1n) is 10.7. The molecular weight excluding hydrogens is 421 g/mol. The lowest BCUT2D eigenvalue weighted by Gasteiger charge is -2.36. The summed E-state index contributed by atoms with van der Waals surface area (Å²) >= 11 is 0. The number of benzene rings is 1. The standard InChI is InChI=1S/C23H25F3N4O2/c1-2-16-3-6-19(7-4-16)30-15-17(13-21(30)31)22(32)29-11-9-28(10-12-29)20-8-5-18(14-27-20)23(24,25)26/h3-8,14,17H,2,9-13,15H2,1H3. The quantitative estimate of drug-likeness (QED) is 0.723. The summed E-state index contributed by atoms with van der Waals surface area (Å²) in [6.07, 6.45) is -2.47. The zero-order valence-corrected chi connectivity index (χ0v) is 17.8. The van der Waals surface area contributed by atoms with Gasteiger partial charge in [-0.15, -0.1) is 0 Å². The molecule has 4 rings (SSSR count). The molecule has 0 N–H and O–H groups in total. The van der Waals surface area contributed by atoms with Gasteiger partial charge in [-0.3, -0.25) is 9.59 Å². The van der Waals surface area contributed by atoms with Crippen molar-refractivity contribution in [1.29, 1.82) is 0 Å². The number of carbonyl (C=O) groups excluding carboxylic acids is 2. The molecule has 9 heteroatoms. The SMILES string of the molecule is CCc1ccc(N2CC(C(=O)N3CCN(c4ccc(C(F)(F)F)cn4)CC3)CC2=O)cc1. The van der Waals surface area contributed by atoms with Gasteiger partial charge in [-0.25, -0.2) is 4.98 Å². The Morgan fingerprint density at radius 3 is 2.31 bits per heavy atom. The van der Waals surface area contributed by atoms with E-state index in [2.05, 4.69) is 11.9 Å². The van der Waals surface area contributed by atoms with E-state index in [4.69, 9.17) is 0 Å². The Bertz CT molecular complexity index is 968. The highest BCUT2D eigenvalue weighted by Gasteiger charge is 2.38. The lowest BCUT2D eigenvalue weighted by molar-refractivity contribution is -0.138. The molecule has 0 radical (unpaired) electrons. The van der Waals surface area contributed by atoms with Crippen molar-refractivity contribution in [2.45, 2.75) is 25.9 Å². The molecule has 2 aliphatic rings. The Balaban J connectivity index is 1.34. The second kappa shape index (κ2) is 8.80. The Labute approximate surface area is 184 Å². The number of anilines is 2. The molecule has 0 bridgehead atoms. The van der Waals surface area contributed by atoms with E-state index in [1.165, 1.54) is 11.6 Å². The first kappa shape index (κ1) is 22.1. The van der Waals surface area contributed by atoms with E-state index in [1.54, 1.807) is 9.80 Å². The molecule has 32 heavy (non-hydrogen) atoms. The minimum atomic E-state index is -4.42. The first-order valence-corrected chi connectivity index (χ1v) is 10.7. The maximum absolute atomic E-state index is 13.0. The van der Waals surface area contributed by atoms with Crippen LogP contribution in [-0.2, 0) is 22.2 Å². The molecule has 2 fully saturated rings. The highest BCUT2D eigenvalue weighted by atomic mass is 19.4. The number of amides is 2. The molecule has 1 atom stereocenters. The molecule has 2 aromatic rings. The topological polar surface area (TPSA) is 56.8 Å². The van der Waals surface area contributed by atoms with Crippen molar-refractivity contribution in [1.82, 2.24) is 9.88 Å². The minimum absolute atomic E-state index is 0.0499. The van der Waals surface area contributed by atoms with E-state index in [-0.39, 0.29) is 24.2 Å². The average Bonchev–Trinajstić information content (AvgIpc) is 3.20. The lowest BCUT2D eigenvalue weighted by atomic mass is 10.1. The van der Waals surface area contributed by atoms with Gasteiger partial charge in [0.25, 0.3) is 0 Å². The van der Waals surface area contributed by atoms with Gasteiger partial charge in [-0.2, -0.15) is 13.2 Å². The number of alkyl halides is 3. The number of nitrogens with zero attached hydrogens (tertiary/aromatic N) is 4. The summed E-state index contributed by atoms with van der Waals surface area (Å²) in [5.41, 5.74) is 1.21. The number of aromatic nitrogens is 1. The third kappa shape index (κ3) is 4.56. The smallest absolute Gasteiger partial charge is 0.353 e. The number of hydrogen-bond donors (Lipinski definition) is 0. The van der Waals surface area contributed by atoms with Crippen molar-refractivity contribution in [2.75, 3.05) is 42.5 Å². The molecule has 6 nitrogen and oxygen atoms in total. The molecule has 0 saturated carbocycles. The van der Waals surface area contributed by atoms with Gasteiger partial charge in [0, 0.05) is 51.0 Å². The van der Waals surface area contributed by atoms with E-state index >= 15 is 0 Å². The maximum Gasteiger partial charge on any atom is 0.417 e. The molecule has 1 aromatic heterocycles. The summed E-state index contributed by atoms with van der Waals surface area (Å²) in [5.74, 6) is -0.0295. The Morgan fingerprint density at radius 2 is 1.75 bits per heavy atom. The van der Waals surface area contributed by atoms with Crippen molar-refractivity contribution < 1.29 is 22.8 Å². The average molecular weight is 446 g/mol. The van der Waals surface area contributed by atoms with Gasteiger partial charge in [0.1, 0.15) is 5.82 Å². The molecule has 0 aliphatic carbocycles. The summed E-state index contributed by atoms with van der Waals surface area (Å²) in [7, 11) is 0. The lowest BCUT2D eigenvalue weighted by Crippen LogP contribution is -2.51. The Kier molecular flexibility index (Phi) is 6.08. The van der Waals surface area contributed by atoms with E-state index in [9.17, 15) is 22.8 Å². The van der Waals surface area contributed by atoms with Gasteiger partial charge in [0.2, 0.25) is 11.8 Å². The highest BCUT2D eigenvalue weighted by Crippen LogP contribution is 2.30. The van der Waals surface area contributed by atoms with Crippen molar-refractivity contribution in [3.63, 3.8) is 0 Å². The first-order chi connectivity index (χ1) is 15.3. The van der Waals surface area contributed by atoms with E-state index in [0.29, 0.717) is 38.5 Å². The molecule has 0 spiro atoms. The van der Waals surface area contributed by atoms with Crippen LogP contribution in [0.25, 0.3) is 0 Å². The molecule has 1 aromatic carbocycles. The Hall–Kier alpha value is -3.10. The minimum Gasteiger partial charge on any atom is -0.353 e. The van der Waals surface area contributed by atoms with Crippen molar-refractivity contribution in [2.24, 2.45) is 5.92 Å². The van der Waals surface area contributed by atoms with Crippen LogP contribution < -0.4 is 9.80 Å². The molecular formula is C23H25F3N4O2. The van der Waals surface area contributed by atoms with Crippen LogP contribution in [0.15, 0.2) is 42.6 Å². The molecule has 1 unspecified atom stereocenters. The van der Waals surface area contributed by atoms with Gasteiger partial charge >= 0.3 is 6.18 Å². The predicted molar refractivity (Wildman–Crippen MR) is 114 cm³/mol.